The summed E-state index contributed by atoms with van der Waals surface area (Å²) in [6.45, 7) is 19.0. The molecule has 0 bridgehead atoms. The molecular formula is C40H58N4O3. The van der Waals surface area contributed by atoms with E-state index in [1.165, 1.54) is 0 Å². The molecule has 0 aliphatic rings. The number of rotatable bonds is 20. The minimum Gasteiger partial charge on any atom is -0.494 e. The predicted molar refractivity (Wildman–Crippen MR) is 196 cm³/mol. The second kappa shape index (κ2) is 22.0. The lowest BCUT2D eigenvalue weighted by atomic mass is 10.1. The van der Waals surface area contributed by atoms with Crippen LogP contribution in [0.25, 0.3) is 16.9 Å². The van der Waals surface area contributed by atoms with Crippen molar-refractivity contribution in [1.82, 2.24) is 19.4 Å². The standard InChI is InChI=1S/C33H41N3O2.C7H17NO/c1-4-7-14-33-34-32(28-15-19-30(20-16-28)37-24-11-23-35(5-2)6-3)25-36(33)29-17-21-31(22-18-29)38-26-27-12-9-8-10-13-27;1-3-8(4-2)6-5-7-9/h8-10,12-13,15-22,25H,4-7,11,14,23-24,26H2,1-3H3;9H,3-7H2,1-2H3. The number of aromatic nitrogens is 2. The van der Waals surface area contributed by atoms with E-state index in [2.05, 4.69) is 104 Å². The van der Waals surface area contributed by atoms with Crippen molar-refractivity contribution in [2.24, 2.45) is 0 Å². The topological polar surface area (TPSA) is 63.0 Å². The van der Waals surface area contributed by atoms with E-state index in [-0.39, 0.29) is 0 Å². The van der Waals surface area contributed by atoms with Gasteiger partial charge >= 0.3 is 0 Å². The average Bonchev–Trinajstić information content (AvgIpc) is 3.56. The molecule has 0 fully saturated rings. The van der Waals surface area contributed by atoms with Crippen LogP contribution < -0.4 is 9.47 Å². The number of ether oxygens (including phenoxy) is 2. The van der Waals surface area contributed by atoms with E-state index in [1.807, 2.05) is 30.3 Å². The minimum atomic E-state index is 0.316. The van der Waals surface area contributed by atoms with E-state index in [0.717, 1.165) is 118 Å². The number of benzene rings is 3. The highest BCUT2D eigenvalue weighted by Gasteiger charge is 2.12. The molecule has 0 saturated carbocycles. The quantitative estimate of drug-likeness (QED) is 0.0980. The summed E-state index contributed by atoms with van der Waals surface area (Å²) >= 11 is 0. The van der Waals surface area contributed by atoms with E-state index in [4.69, 9.17) is 19.6 Å². The molecule has 0 atom stereocenters. The van der Waals surface area contributed by atoms with E-state index >= 15 is 0 Å². The van der Waals surface area contributed by atoms with Gasteiger partial charge in [0, 0.05) is 43.6 Å². The maximum absolute atomic E-state index is 8.48. The number of aryl methyl sites for hydroxylation is 1. The zero-order chi connectivity index (χ0) is 33.7. The van der Waals surface area contributed by atoms with Crippen molar-refractivity contribution < 1.29 is 14.6 Å². The van der Waals surface area contributed by atoms with Crippen molar-refractivity contribution in [3.8, 4) is 28.4 Å². The number of nitrogens with zero attached hydrogens (tertiary/aromatic N) is 4. The van der Waals surface area contributed by atoms with Crippen molar-refractivity contribution in [1.29, 1.82) is 0 Å². The number of imidazole rings is 1. The molecule has 0 spiro atoms. The lowest BCUT2D eigenvalue weighted by Crippen LogP contribution is -2.25. The highest BCUT2D eigenvalue weighted by Crippen LogP contribution is 2.26. The number of aliphatic hydroxyl groups excluding tert-OH is 1. The Morgan fingerprint density at radius 2 is 1.28 bits per heavy atom. The summed E-state index contributed by atoms with van der Waals surface area (Å²) in [6.07, 6.45) is 7.26. The van der Waals surface area contributed by atoms with Gasteiger partial charge in [0.1, 0.15) is 23.9 Å². The molecule has 1 N–H and O–H groups in total. The lowest BCUT2D eigenvalue weighted by Gasteiger charge is -2.17. The summed E-state index contributed by atoms with van der Waals surface area (Å²) in [4.78, 5) is 9.74. The monoisotopic (exact) mass is 642 g/mol. The molecule has 256 valence electrons. The predicted octanol–water partition coefficient (Wildman–Crippen LogP) is 8.28. The van der Waals surface area contributed by atoms with Gasteiger partial charge in [-0.1, -0.05) is 71.4 Å². The molecule has 0 saturated heterocycles. The van der Waals surface area contributed by atoms with Crippen LogP contribution in [-0.4, -0.2) is 76.9 Å². The molecular weight excluding hydrogens is 584 g/mol. The van der Waals surface area contributed by atoms with E-state index in [0.29, 0.717) is 13.2 Å². The Labute approximate surface area is 284 Å². The fraction of sp³-hybridized carbons (Fsp3) is 0.475. The van der Waals surface area contributed by atoms with Crippen LogP contribution in [0.15, 0.2) is 85.1 Å². The van der Waals surface area contributed by atoms with E-state index < -0.39 is 0 Å². The fourth-order valence-electron chi connectivity index (χ4n) is 5.31. The Balaban J connectivity index is 0.000000584. The van der Waals surface area contributed by atoms with Gasteiger partial charge in [-0.3, -0.25) is 0 Å². The van der Waals surface area contributed by atoms with Crippen molar-refractivity contribution >= 4 is 0 Å². The van der Waals surface area contributed by atoms with Crippen LogP contribution in [0.1, 0.15) is 71.7 Å². The third-order valence-electron chi connectivity index (χ3n) is 8.35. The molecule has 0 aliphatic heterocycles. The first kappa shape index (κ1) is 37.8. The maximum Gasteiger partial charge on any atom is 0.119 e. The normalized spacial score (nSPS) is 11.1. The summed E-state index contributed by atoms with van der Waals surface area (Å²) in [7, 11) is 0. The molecule has 4 rings (SSSR count). The average molecular weight is 643 g/mol. The first-order valence-corrected chi connectivity index (χ1v) is 17.7. The van der Waals surface area contributed by atoms with E-state index in [9.17, 15) is 0 Å². The molecule has 3 aromatic carbocycles. The van der Waals surface area contributed by atoms with Crippen LogP contribution in [0.5, 0.6) is 11.5 Å². The van der Waals surface area contributed by atoms with Crippen LogP contribution in [0.4, 0.5) is 0 Å². The van der Waals surface area contributed by atoms with Gasteiger partial charge in [-0.25, -0.2) is 4.98 Å². The highest BCUT2D eigenvalue weighted by molar-refractivity contribution is 5.61. The molecule has 0 aliphatic carbocycles. The summed E-state index contributed by atoms with van der Waals surface area (Å²) in [5.74, 6) is 2.85. The van der Waals surface area contributed by atoms with Crippen molar-refractivity contribution in [3.05, 3.63) is 96.4 Å². The number of unbranched alkanes of at least 4 members (excludes halogenated alkanes) is 1. The second-order valence-corrected chi connectivity index (χ2v) is 11.6. The zero-order valence-electron chi connectivity index (χ0n) is 29.5. The first-order valence-electron chi connectivity index (χ1n) is 17.7. The SMILES string of the molecule is CCCCc1nc(-c2ccc(OCCCN(CC)CC)cc2)cn1-c1ccc(OCc2ccccc2)cc1.CCN(CC)CCCO. The summed E-state index contributed by atoms with van der Waals surface area (Å²) in [5.41, 5.74) is 4.33. The van der Waals surface area contributed by atoms with Gasteiger partial charge < -0.3 is 28.9 Å². The number of aliphatic hydroxyl groups is 1. The molecule has 47 heavy (non-hydrogen) atoms. The van der Waals surface area contributed by atoms with Gasteiger partial charge in [-0.05, 0) is 99.5 Å². The Kier molecular flexibility index (Phi) is 17.7. The van der Waals surface area contributed by atoms with Gasteiger partial charge in [0.05, 0.1) is 12.3 Å². The van der Waals surface area contributed by atoms with Crippen LogP contribution in [-0.2, 0) is 13.0 Å². The van der Waals surface area contributed by atoms with Crippen molar-refractivity contribution in [2.75, 3.05) is 52.5 Å². The molecule has 4 aromatic rings. The van der Waals surface area contributed by atoms with Crippen LogP contribution in [0.2, 0.25) is 0 Å². The van der Waals surface area contributed by atoms with Crippen molar-refractivity contribution in [3.63, 3.8) is 0 Å². The largest absolute Gasteiger partial charge is 0.494 e. The Hall–Kier alpha value is -3.65. The molecule has 1 aromatic heterocycles. The van der Waals surface area contributed by atoms with Gasteiger partial charge in [-0.15, -0.1) is 0 Å². The Morgan fingerprint density at radius 1 is 0.681 bits per heavy atom. The first-order chi connectivity index (χ1) is 23.0. The van der Waals surface area contributed by atoms with E-state index in [1.54, 1.807) is 0 Å². The summed E-state index contributed by atoms with van der Waals surface area (Å²) < 4.78 is 14.2. The van der Waals surface area contributed by atoms with Crippen LogP contribution in [0.3, 0.4) is 0 Å². The summed E-state index contributed by atoms with van der Waals surface area (Å²) in [6, 6.07) is 26.8. The molecule has 0 amide bonds. The van der Waals surface area contributed by atoms with Gasteiger partial charge in [0.25, 0.3) is 0 Å². The second-order valence-electron chi connectivity index (χ2n) is 11.6. The molecule has 7 nitrogen and oxygen atoms in total. The fourth-order valence-corrected chi connectivity index (χ4v) is 5.31. The minimum absolute atomic E-state index is 0.316. The molecule has 1 heterocycles. The third-order valence-corrected chi connectivity index (χ3v) is 8.35. The Bertz CT molecular complexity index is 1350. The smallest absolute Gasteiger partial charge is 0.119 e. The van der Waals surface area contributed by atoms with Crippen molar-refractivity contribution in [2.45, 2.75) is 73.3 Å². The Morgan fingerprint density at radius 3 is 1.87 bits per heavy atom. The molecule has 7 heteroatoms. The summed E-state index contributed by atoms with van der Waals surface area (Å²) in [5, 5.41) is 8.48. The van der Waals surface area contributed by atoms with Crippen LogP contribution >= 0.6 is 0 Å². The molecule has 0 radical (unpaired) electrons. The molecule has 0 unspecified atom stereocenters. The highest BCUT2D eigenvalue weighted by atomic mass is 16.5. The van der Waals surface area contributed by atoms with Gasteiger partial charge in [0.15, 0.2) is 0 Å². The van der Waals surface area contributed by atoms with Gasteiger partial charge in [0.2, 0.25) is 0 Å². The lowest BCUT2D eigenvalue weighted by molar-refractivity contribution is 0.236. The van der Waals surface area contributed by atoms with Gasteiger partial charge in [-0.2, -0.15) is 0 Å². The number of hydrogen-bond donors (Lipinski definition) is 1. The number of hydrogen-bond acceptors (Lipinski definition) is 6. The third kappa shape index (κ3) is 13.2. The van der Waals surface area contributed by atoms with Crippen LogP contribution in [0, 0.1) is 0 Å². The zero-order valence-corrected chi connectivity index (χ0v) is 29.5. The maximum atomic E-state index is 8.48.